The van der Waals surface area contributed by atoms with Crippen molar-refractivity contribution in [2.75, 3.05) is 26.4 Å². The minimum absolute atomic E-state index is 0.00252. The quantitative estimate of drug-likeness (QED) is 0.0358. The fraction of sp³-hybridized carbons (Fsp3) is 0.386. The first-order valence-electron chi connectivity index (χ1n) is 18.9. The first-order valence-corrected chi connectivity index (χ1v) is 18.9. The van der Waals surface area contributed by atoms with Crippen molar-refractivity contribution >= 4 is 29.8 Å². The maximum atomic E-state index is 13.3. The third-order valence-electron chi connectivity index (χ3n) is 8.66. The molecule has 3 aromatic rings. The van der Waals surface area contributed by atoms with Gasteiger partial charge in [-0.3, -0.25) is 0 Å². The van der Waals surface area contributed by atoms with E-state index < -0.39 is 29.8 Å². The highest BCUT2D eigenvalue weighted by Gasteiger charge is 2.24. The monoisotopic (exact) mass is 772 g/mol. The molecule has 3 rings (SSSR count). The highest BCUT2D eigenvalue weighted by Crippen LogP contribution is 2.34. The number of carbonyl (C=O) groups excluding carboxylic acids is 4. The second kappa shape index (κ2) is 24.5. The first kappa shape index (κ1) is 44.5. The van der Waals surface area contributed by atoms with Crippen molar-refractivity contribution < 1.29 is 57.5 Å². The number of carboxylic acid groups (broad SMARTS) is 1. The highest BCUT2D eigenvalue weighted by molar-refractivity contribution is 5.97. The Morgan fingerprint density at radius 3 is 1.50 bits per heavy atom. The number of rotatable bonds is 26. The van der Waals surface area contributed by atoms with Crippen molar-refractivity contribution in [1.29, 1.82) is 0 Å². The van der Waals surface area contributed by atoms with E-state index in [1.165, 1.54) is 12.1 Å². The van der Waals surface area contributed by atoms with Gasteiger partial charge >= 0.3 is 29.8 Å². The number of esters is 4. The smallest absolute Gasteiger partial charge is 0.343 e. The summed E-state index contributed by atoms with van der Waals surface area (Å²) in [4.78, 5) is 61.0. The maximum absolute atomic E-state index is 13.3. The van der Waals surface area contributed by atoms with Crippen LogP contribution in [0.2, 0.25) is 0 Å². The molecule has 0 bridgehead atoms. The van der Waals surface area contributed by atoms with Crippen LogP contribution in [0.5, 0.6) is 23.0 Å². The molecule has 0 saturated heterocycles. The van der Waals surface area contributed by atoms with E-state index in [9.17, 15) is 29.1 Å². The molecule has 1 atom stereocenters. The summed E-state index contributed by atoms with van der Waals surface area (Å²) in [6, 6.07) is 15.5. The standard InChI is InChI=1S/C44H52O12/c1-5-31(4)28-34-29-37(55-43(49)32-16-20-35(21-17-32)51-24-12-8-10-14-26-53-39(45)6-2)30-38(42(47)48)41(34)56-44(50)33-18-22-36(23-19-33)52-25-13-9-11-15-27-54-40(46)7-3/h6-7,16-23,29-31H,2-3,5,8-15,24-28H2,1,4H3,(H,47,48)/t31-/m0/s1. The summed E-state index contributed by atoms with van der Waals surface area (Å²) in [5, 5.41) is 10.2. The van der Waals surface area contributed by atoms with E-state index in [-0.39, 0.29) is 34.1 Å². The third-order valence-corrected chi connectivity index (χ3v) is 8.66. The second-order valence-electron chi connectivity index (χ2n) is 13.1. The van der Waals surface area contributed by atoms with E-state index >= 15 is 0 Å². The normalized spacial score (nSPS) is 11.1. The number of carboxylic acids is 1. The Bertz CT molecular complexity index is 1760. The van der Waals surface area contributed by atoms with Crippen molar-refractivity contribution in [3.8, 4) is 23.0 Å². The van der Waals surface area contributed by atoms with E-state index in [0.717, 1.165) is 69.9 Å². The van der Waals surface area contributed by atoms with E-state index in [2.05, 4.69) is 13.2 Å². The molecular formula is C44H52O12. The van der Waals surface area contributed by atoms with Crippen molar-refractivity contribution in [2.24, 2.45) is 5.92 Å². The van der Waals surface area contributed by atoms with Crippen LogP contribution >= 0.6 is 0 Å². The van der Waals surface area contributed by atoms with E-state index in [1.807, 2.05) is 13.8 Å². The number of unbranched alkanes of at least 4 members (excludes halogenated alkanes) is 6. The van der Waals surface area contributed by atoms with Crippen LogP contribution in [-0.2, 0) is 25.5 Å². The minimum Gasteiger partial charge on any atom is -0.494 e. The molecule has 0 radical (unpaired) electrons. The Morgan fingerprint density at radius 2 is 1.07 bits per heavy atom. The molecule has 0 spiro atoms. The molecule has 0 heterocycles. The molecule has 0 aliphatic rings. The number of carbonyl (C=O) groups is 5. The molecule has 0 amide bonds. The second-order valence-corrected chi connectivity index (χ2v) is 13.1. The molecule has 56 heavy (non-hydrogen) atoms. The average Bonchev–Trinajstić information content (AvgIpc) is 3.20. The van der Waals surface area contributed by atoms with Gasteiger partial charge in [-0.05, 0) is 130 Å². The number of hydrogen-bond donors (Lipinski definition) is 1. The van der Waals surface area contributed by atoms with Gasteiger partial charge in [-0.15, -0.1) is 0 Å². The van der Waals surface area contributed by atoms with Crippen LogP contribution < -0.4 is 18.9 Å². The van der Waals surface area contributed by atoms with Gasteiger partial charge in [0, 0.05) is 12.2 Å². The van der Waals surface area contributed by atoms with Gasteiger partial charge < -0.3 is 33.5 Å². The summed E-state index contributed by atoms with van der Waals surface area (Å²) in [6.07, 6.45) is 10.1. The third kappa shape index (κ3) is 15.8. The summed E-state index contributed by atoms with van der Waals surface area (Å²) < 4.78 is 32.8. The van der Waals surface area contributed by atoms with Crippen LogP contribution in [0, 0.1) is 5.92 Å². The molecule has 12 heteroatoms. The van der Waals surface area contributed by atoms with Crippen LogP contribution in [0.25, 0.3) is 0 Å². The van der Waals surface area contributed by atoms with Crippen LogP contribution in [0.1, 0.15) is 108 Å². The van der Waals surface area contributed by atoms with Crippen LogP contribution in [0.4, 0.5) is 0 Å². The van der Waals surface area contributed by atoms with Crippen LogP contribution in [0.3, 0.4) is 0 Å². The lowest BCUT2D eigenvalue weighted by molar-refractivity contribution is -0.138. The lowest BCUT2D eigenvalue weighted by Crippen LogP contribution is -2.16. The predicted octanol–water partition coefficient (Wildman–Crippen LogP) is 8.75. The van der Waals surface area contributed by atoms with E-state index in [4.69, 9.17) is 28.4 Å². The average molecular weight is 773 g/mol. The zero-order chi connectivity index (χ0) is 40.7. The Kier molecular flexibility index (Phi) is 19.5. The molecule has 0 saturated carbocycles. The number of aromatic carboxylic acids is 1. The van der Waals surface area contributed by atoms with Gasteiger partial charge in [-0.2, -0.15) is 0 Å². The molecule has 3 aromatic carbocycles. The zero-order valence-corrected chi connectivity index (χ0v) is 32.3. The molecule has 300 valence electrons. The summed E-state index contributed by atoms with van der Waals surface area (Å²) >= 11 is 0. The molecule has 12 nitrogen and oxygen atoms in total. The Balaban J connectivity index is 1.59. The SMILES string of the molecule is C=CC(=O)OCCCCCCOc1ccc(C(=O)Oc2cc(C[C@@H](C)CC)c(OC(=O)c3ccc(OCCCCCCOC(=O)C=C)cc3)c(C(=O)O)c2)cc1. The zero-order valence-electron chi connectivity index (χ0n) is 32.3. The maximum Gasteiger partial charge on any atom is 0.343 e. The number of benzene rings is 3. The fourth-order valence-corrected chi connectivity index (χ4v) is 5.32. The lowest BCUT2D eigenvalue weighted by Gasteiger charge is -2.17. The number of ether oxygens (including phenoxy) is 6. The van der Waals surface area contributed by atoms with Gasteiger partial charge in [0.2, 0.25) is 0 Å². The molecular weight excluding hydrogens is 720 g/mol. The topological polar surface area (TPSA) is 161 Å². The van der Waals surface area contributed by atoms with Crippen molar-refractivity contribution in [3.63, 3.8) is 0 Å². The highest BCUT2D eigenvalue weighted by atomic mass is 16.5. The first-order chi connectivity index (χ1) is 27.0. The molecule has 0 aliphatic heterocycles. The summed E-state index contributed by atoms with van der Waals surface area (Å²) in [6.45, 7) is 12.4. The van der Waals surface area contributed by atoms with E-state index in [0.29, 0.717) is 49.9 Å². The van der Waals surface area contributed by atoms with E-state index in [1.54, 1.807) is 48.5 Å². The minimum atomic E-state index is -1.35. The summed E-state index contributed by atoms with van der Waals surface area (Å²) in [5.41, 5.74) is 0.528. The fourth-order valence-electron chi connectivity index (χ4n) is 5.32. The Labute approximate surface area is 328 Å². The van der Waals surface area contributed by atoms with Crippen molar-refractivity contribution in [1.82, 2.24) is 0 Å². The molecule has 0 fully saturated rings. The molecule has 0 aliphatic carbocycles. The predicted molar refractivity (Wildman–Crippen MR) is 210 cm³/mol. The lowest BCUT2D eigenvalue weighted by atomic mass is 9.96. The van der Waals surface area contributed by atoms with Crippen LogP contribution in [-0.4, -0.2) is 61.4 Å². The molecule has 1 N–H and O–H groups in total. The molecule has 0 unspecified atom stereocenters. The van der Waals surface area contributed by atoms with Crippen molar-refractivity contribution in [3.05, 3.63) is 108 Å². The van der Waals surface area contributed by atoms with Gasteiger partial charge in [0.25, 0.3) is 0 Å². The summed E-state index contributed by atoms with van der Waals surface area (Å²) in [7, 11) is 0. The van der Waals surface area contributed by atoms with Crippen LogP contribution in [0.15, 0.2) is 86.0 Å². The number of hydrogen-bond acceptors (Lipinski definition) is 11. The van der Waals surface area contributed by atoms with Gasteiger partial charge in [-0.1, -0.05) is 33.4 Å². The largest absolute Gasteiger partial charge is 0.494 e. The van der Waals surface area contributed by atoms with Crippen molar-refractivity contribution in [2.45, 2.75) is 78.1 Å². The van der Waals surface area contributed by atoms with Gasteiger partial charge in [0.15, 0.2) is 0 Å². The summed E-state index contributed by atoms with van der Waals surface area (Å²) in [5.74, 6) is -2.53. The van der Waals surface area contributed by atoms with Gasteiger partial charge in [-0.25, -0.2) is 24.0 Å². The Hall–Kier alpha value is -5.91. The van der Waals surface area contributed by atoms with Gasteiger partial charge in [0.1, 0.15) is 28.6 Å². The van der Waals surface area contributed by atoms with Gasteiger partial charge in [0.05, 0.1) is 37.6 Å². The molecule has 0 aromatic heterocycles. The Morgan fingerprint density at radius 1 is 0.625 bits per heavy atom.